The van der Waals surface area contributed by atoms with Gasteiger partial charge >= 0.3 is 6.18 Å². The fourth-order valence-electron chi connectivity index (χ4n) is 3.79. The van der Waals surface area contributed by atoms with Crippen molar-refractivity contribution in [3.8, 4) is 5.69 Å². The molecule has 1 aromatic heterocycles. The summed E-state index contributed by atoms with van der Waals surface area (Å²) < 4.78 is 55.3. The van der Waals surface area contributed by atoms with Gasteiger partial charge in [-0.2, -0.15) is 13.2 Å². The van der Waals surface area contributed by atoms with E-state index in [4.69, 9.17) is 0 Å². The van der Waals surface area contributed by atoms with E-state index in [0.29, 0.717) is 16.9 Å². The highest BCUT2D eigenvalue weighted by Gasteiger charge is 2.42. The van der Waals surface area contributed by atoms with Crippen LogP contribution >= 0.6 is 0 Å². The minimum absolute atomic E-state index is 0.188. The molecular weight excluding hydrogens is 426 g/mol. The molecule has 1 N–H and O–H groups in total. The predicted octanol–water partition coefficient (Wildman–Crippen LogP) is 4.66. The standard InChI is InChI=1S/C22H21F4N5O/c23-16-7-5-9-18(13-16)31-20(22(24,25)26)19(28-29-31)21(32)27-17-8-4-6-15(12-17)14-30-10-2-1-3-11-30/h4-9,12-13H,1-3,10-11,14H2,(H,27,32). The van der Waals surface area contributed by atoms with E-state index < -0.39 is 29.3 Å². The number of likely N-dealkylation sites (tertiary alicyclic amines) is 1. The van der Waals surface area contributed by atoms with Gasteiger partial charge in [-0.05, 0) is 61.8 Å². The molecule has 1 amide bonds. The lowest BCUT2D eigenvalue weighted by atomic mass is 10.1. The monoisotopic (exact) mass is 447 g/mol. The van der Waals surface area contributed by atoms with Crippen LogP contribution in [0, 0.1) is 5.82 Å². The van der Waals surface area contributed by atoms with Crippen molar-refractivity contribution in [3.63, 3.8) is 0 Å². The molecule has 3 aromatic rings. The maximum absolute atomic E-state index is 13.8. The summed E-state index contributed by atoms with van der Waals surface area (Å²) in [5, 5.41) is 9.39. The largest absolute Gasteiger partial charge is 0.435 e. The Balaban J connectivity index is 1.58. The van der Waals surface area contributed by atoms with Gasteiger partial charge in [0.05, 0.1) is 5.69 Å². The van der Waals surface area contributed by atoms with Gasteiger partial charge < -0.3 is 5.32 Å². The first kappa shape index (κ1) is 21.9. The van der Waals surface area contributed by atoms with Crippen molar-refractivity contribution in [1.82, 2.24) is 19.9 Å². The van der Waals surface area contributed by atoms with Gasteiger partial charge in [0, 0.05) is 12.2 Å². The van der Waals surface area contributed by atoms with Crippen molar-refractivity contribution in [2.24, 2.45) is 0 Å². The fraction of sp³-hybridized carbons (Fsp3) is 0.318. The summed E-state index contributed by atoms with van der Waals surface area (Å²) in [6.45, 7) is 2.69. The third-order valence-electron chi connectivity index (χ3n) is 5.25. The second-order valence-electron chi connectivity index (χ2n) is 7.67. The SMILES string of the molecule is O=C(Nc1cccc(CN2CCCCC2)c1)c1nnn(-c2cccc(F)c2)c1C(F)(F)F. The molecule has 4 rings (SSSR count). The number of rotatable bonds is 5. The number of piperidine rings is 1. The van der Waals surface area contributed by atoms with Crippen molar-refractivity contribution in [1.29, 1.82) is 0 Å². The second-order valence-corrected chi connectivity index (χ2v) is 7.67. The third-order valence-corrected chi connectivity index (χ3v) is 5.25. The van der Waals surface area contributed by atoms with Crippen molar-refractivity contribution in [2.75, 3.05) is 18.4 Å². The lowest BCUT2D eigenvalue weighted by molar-refractivity contribution is -0.143. The Morgan fingerprint density at radius 2 is 1.78 bits per heavy atom. The molecule has 1 saturated heterocycles. The second kappa shape index (κ2) is 9.07. The summed E-state index contributed by atoms with van der Waals surface area (Å²) in [5.41, 5.74) is -1.14. The molecule has 0 unspecified atom stereocenters. The van der Waals surface area contributed by atoms with Gasteiger partial charge in [0.25, 0.3) is 5.91 Å². The predicted molar refractivity (Wildman–Crippen MR) is 110 cm³/mol. The summed E-state index contributed by atoms with van der Waals surface area (Å²) in [6.07, 6.45) is -1.45. The van der Waals surface area contributed by atoms with E-state index in [9.17, 15) is 22.4 Å². The van der Waals surface area contributed by atoms with E-state index >= 15 is 0 Å². The van der Waals surface area contributed by atoms with Crippen LogP contribution in [0.2, 0.25) is 0 Å². The number of alkyl halides is 3. The summed E-state index contributed by atoms with van der Waals surface area (Å²) in [5.74, 6) is -1.78. The number of amides is 1. The van der Waals surface area contributed by atoms with Gasteiger partial charge in [-0.1, -0.05) is 29.8 Å². The number of nitrogens with zero attached hydrogens (tertiary/aromatic N) is 4. The molecule has 0 bridgehead atoms. The van der Waals surface area contributed by atoms with Gasteiger partial charge in [-0.3, -0.25) is 9.69 Å². The molecule has 0 atom stereocenters. The van der Waals surface area contributed by atoms with Crippen molar-refractivity contribution in [3.05, 3.63) is 71.3 Å². The van der Waals surface area contributed by atoms with Gasteiger partial charge in [0.15, 0.2) is 11.4 Å². The van der Waals surface area contributed by atoms with E-state index in [2.05, 4.69) is 20.5 Å². The van der Waals surface area contributed by atoms with Gasteiger partial charge in [0.2, 0.25) is 0 Å². The first-order valence-electron chi connectivity index (χ1n) is 10.2. The molecular formula is C22H21F4N5O. The minimum atomic E-state index is -4.93. The highest BCUT2D eigenvalue weighted by molar-refractivity contribution is 6.03. The highest BCUT2D eigenvalue weighted by atomic mass is 19.4. The fourth-order valence-corrected chi connectivity index (χ4v) is 3.79. The van der Waals surface area contributed by atoms with E-state index in [1.165, 1.54) is 18.6 Å². The van der Waals surface area contributed by atoms with Crippen LogP contribution in [-0.4, -0.2) is 38.9 Å². The number of carbonyl (C=O) groups excluding carboxylic acids is 1. The van der Waals surface area contributed by atoms with E-state index in [1.807, 2.05) is 6.07 Å². The van der Waals surface area contributed by atoms with Crippen molar-refractivity contribution >= 4 is 11.6 Å². The molecule has 1 aliphatic rings. The zero-order valence-corrected chi connectivity index (χ0v) is 17.1. The Labute approximate surface area is 181 Å². The molecule has 10 heteroatoms. The van der Waals surface area contributed by atoms with Crippen LogP contribution in [0.15, 0.2) is 48.5 Å². The Kier molecular flexibility index (Phi) is 6.22. The summed E-state index contributed by atoms with van der Waals surface area (Å²) in [4.78, 5) is 15.0. The Hall–Kier alpha value is -3.27. The molecule has 0 saturated carbocycles. The van der Waals surface area contributed by atoms with Crippen LogP contribution < -0.4 is 5.32 Å². The van der Waals surface area contributed by atoms with E-state index in [0.717, 1.165) is 43.6 Å². The van der Waals surface area contributed by atoms with Gasteiger partial charge in [0.1, 0.15) is 5.82 Å². The van der Waals surface area contributed by atoms with Crippen molar-refractivity contribution in [2.45, 2.75) is 32.0 Å². The Morgan fingerprint density at radius 1 is 1.03 bits per heavy atom. The summed E-state index contributed by atoms with van der Waals surface area (Å²) in [7, 11) is 0. The maximum atomic E-state index is 13.8. The van der Waals surface area contributed by atoms with Crippen LogP contribution in [-0.2, 0) is 12.7 Å². The first-order chi connectivity index (χ1) is 15.3. The van der Waals surface area contributed by atoms with Gasteiger partial charge in [-0.25, -0.2) is 9.07 Å². The number of aromatic nitrogens is 3. The third kappa shape index (κ3) is 4.96. The average molecular weight is 447 g/mol. The number of benzene rings is 2. The zero-order chi connectivity index (χ0) is 22.7. The Bertz CT molecular complexity index is 1110. The smallest absolute Gasteiger partial charge is 0.321 e. The molecule has 6 nitrogen and oxygen atoms in total. The lowest BCUT2D eigenvalue weighted by Gasteiger charge is -2.26. The first-order valence-corrected chi connectivity index (χ1v) is 10.2. The van der Waals surface area contributed by atoms with Crippen LogP contribution in [0.5, 0.6) is 0 Å². The van der Waals surface area contributed by atoms with Crippen LogP contribution in [0.1, 0.15) is 41.0 Å². The molecule has 1 aliphatic heterocycles. The van der Waals surface area contributed by atoms with Crippen LogP contribution in [0.4, 0.5) is 23.2 Å². The molecule has 0 spiro atoms. The van der Waals surface area contributed by atoms with Crippen molar-refractivity contribution < 1.29 is 22.4 Å². The van der Waals surface area contributed by atoms with Crippen LogP contribution in [0.3, 0.4) is 0 Å². The molecule has 1 fully saturated rings. The number of halogens is 4. The zero-order valence-electron chi connectivity index (χ0n) is 17.1. The molecule has 32 heavy (non-hydrogen) atoms. The summed E-state index contributed by atoms with van der Waals surface area (Å²) in [6, 6.07) is 11.5. The number of carbonyl (C=O) groups is 1. The average Bonchev–Trinajstić information content (AvgIpc) is 3.21. The molecule has 168 valence electrons. The number of nitrogens with one attached hydrogen (secondary N) is 1. The van der Waals surface area contributed by atoms with E-state index in [-0.39, 0.29) is 5.69 Å². The minimum Gasteiger partial charge on any atom is -0.321 e. The summed E-state index contributed by atoms with van der Waals surface area (Å²) >= 11 is 0. The van der Waals surface area contributed by atoms with Crippen LogP contribution in [0.25, 0.3) is 5.69 Å². The normalized spacial score (nSPS) is 15.0. The number of hydrogen-bond acceptors (Lipinski definition) is 4. The number of hydrogen-bond donors (Lipinski definition) is 1. The number of anilines is 1. The van der Waals surface area contributed by atoms with E-state index in [1.54, 1.807) is 18.2 Å². The lowest BCUT2D eigenvalue weighted by Crippen LogP contribution is -2.29. The molecule has 0 radical (unpaired) electrons. The topological polar surface area (TPSA) is 63.1 Å². The quantitative estimate of drug-likeness (QED) is 0.578. The Morgan fingerprint density at radius 3 is 2.50 bits per heavy atom. The molecule has 0 aliphatic carbocycles. The molecule has 2 aromatic carbocycles. The highest BCUT2D eigenvalue weighted by Crippen LogP contribution is 2.33. The molecule has 2 heterocycles. The maximum Gasteiger partial charge on any atom is 0.435 e. The van der Waals surface area contributed by atoms with Gasteiger partial charge in [-0.15, -0.1) is 5.10 Å².